The first-order valence-corrected chi connectivity index (χ1v) is 7.22. The molecule has 1 N–H and O–H groups in total. The Kier molecular flexibility index (Phi) is 4.61. The third-order valence-electron chi connectivity index (χ3n) is 4.26. The van der Waals surface area contributed by atoms with E-state index in [9.17, 15) is 9.59 Å². The van der Waals surface area contributed by atoms with Crippen molar-refractivity contribution in [3.8, 4) is 0 Å². The fraction of sp³-hybridized carbons (Fsp3) is 0.857. The molecule has 1 saturated heterocycles. The Morgan fingerprint density at radius 2 is 1.61 bits per heavy atom. The average molecular weight is 252 g/mol. The van der Waals surface area contributed by atoms with Gasteiger partial charge in [0.25, 0.3) is 0 Å². The molecule has 1 saturated carbocycles. The van der Waals surface area contributed by atoms with Gasteiger partial charge >= 0.3 is 0 Å². The van der Waals surface area contributed by atoms with E-state index in [0.717, 1.165) is 38.8 Å². The van der Waals surface area contributed by atoms with Gasteiger partial charge in [0.2, 0.25) is 11.8 Å². The zero-order valence-corrected chi connectivity index (χ0v) is 11.3. The lowest BCUT2D eigenvalue weighted by Gasteiger charge is -2.33. The number of amides is 2. The van der Waals surface area contributed by atoms with Crippen LogP contribution in [0.25, 0.3) is 0 Å². The zero-order valence-electron chi connectivity index (χ0n) is 11.3. The highest BCUT2D eigenvalue weighted by molar-refractivity contribution is 5.79. The van der Waals surface area contributed by atoms with Gasteiger partial charge in [-0.2, -0.15) is 0 Å². The number of hydrogen-bond donors (Lipinski definition) is 1. The summed E-state index contributed by atoms with van der Waals surface area (Å²) in [6, 6.07) is 0.273. The minimum atomic E-state index is 0.145. The normalized spacial score (nSPS) is 22.8. The number of nitrogens with one attached hydrogen (secondary N) is 1. The number of hydrogen-bond acceptors (Lipinski definition) is 2. The maximum Gasteiger partial charge on any atom is 0.223 e. The van der Waals surface area contributed by atoms with E-state index in [-0.39, 0.29) is 23.8 Å². The van der Waals surface area contributed by atoms with Crippen LogP contribution >= 0.6 is 0 Å². The Balaban J connectivity index is 1.73. The molecule has 18 heavy (non-hydrogen) atoms. The van der Waals surface area contributed by atoms with Crippen LogP contribution in [0.4, 0.5) is 0 Å². The lowest BCUT2D eigenvalue weighted by molar-refractivity contribution is -0.130. The van der Waals surface area contributed by atoms with Crippen molar-refractivity contribution in [2.24, 2.45) is 5.92 Å². The lowest BCUT2D eigenvalue weighted by atomic mass is 9.88. The Bertz CT molecular complexity index is 303. The van der Waals surface area contributed by atoms with E-state index in [1.807, 2.05) is 4.90 Å². The Morgan fingerprint density at radius 1 is 1.00 bits per heavy atom. The van der Waals surface area contributed by atoms with Crippen LogP contribution in [0.5, 0.6) is 0 Å². The molecule has 0 aromatic heterocycles. The summed E-state index contributed by atoms with van der Waals surface area (Å²) in [7, 11) is 0. The molecule has 4 heteroatoms. The fourth-order valence-corrected chi connectivity index (χ4v) is 3.02. The van der Waals surface area contributed by atoms with Crippen molar-refractivity contribution in [2.45, 2.75) is 57.9 Å². The molecule has 4 nitrogen and oxygen atoms in total. The molecule has 0 spiro atoms. The van der Waals surface area contributed by atoms with Crippen molar-refractivity contribution in [1.82, 2.24) is 10.2 Å². The van der Waals surface area contributed by atoms with Crippen LogP contribution in [0.15, 0.2) is 0 Å². The molecule has 0 bridgehead atoms. The molecule has 1 heterocycles. The van der Waals surface area contributed by atoms with Crippen molar-refractivity contribution < 1.29 is 9.59 Å². The molecule has 2 amide bonds. The Hall–Kier alpha value is -1.06. The maximum atomic E-state index is 12.1. The van der Waals surface area contributed by atoms with Crippen molar-refractivity contribution in [1.29, 1.82) is 0 Å². The molecular formula is C14H24N2O2. The third kappa shape index (κ3) is 3.47. The molecule has 2 aliphatic rings. The average Bonchev–Trinajstić information content (AvgIpc) is 2.40. The van der Waals surface area contributed by atoms with Crippen molar-refractivity contribution in [3.05, 3.63) is 0 Å². The second-order valence-electron chi connectivity index (χ2n) is 5.62. The molecule has 0 atom stereocenters. The van der Waals surface area contributed by atoms with Crippen molar-refractivity contribution in [2.75, 3.05) is 13.1 Å². The van der Waals surface area contributed by atoms with Gasteiger partial charge in [0.1, 0.15) is 0 Å². The van der Waals surface area contributed by atoms with Crippen LogP contribution < -0.4 is 5.32 Å². The Morgan fingerprint density at radius 3 is 2.17 bits per heavy atom. The molecule has 1 aliphatic heterocycles. The molecule has 0 radical (unpaired) electrons. The monoisotopic (exact) mass is 252 g/mol. The van der Waals surface area contributed by atoms with Crippen LogP contribution in [0, 0.1) is 5.92 Å². The van der Waals surface area contributed by atoms with E-state index in [4.69, 9.17) is 0 Å². The number of nitrogens with zero attached hydrogens (tertiary/aromatic N) is 1. The number of piperidine rings is 1. The molecule has 0 aromatic rings. The molecule has 1 aliphatic carbocycles. The van der Waals surface area contributed by atoms with Gasteiger partial charge in [-0.3, -0.25) is 9.59 Å². The SMILES string of the molecule is CC(=O)N1CCC(NC(=O)C2CCCCC2)CC1. The second kappa shape index (κ2) is 6.21. The van der Waals surface area contributed by atoms with Crippen LogP contribution in [-0.4, -0.2) is 35.8 Å². The predicted molar refractivity (Wildman–Crippen MR) is 70.0 cm³/mol. The maximum absolute atomic E-state index is 12.1. The quantitative estimate of drug-likeness (QED) is 0.813. The van der Waals surface area contributed by atoms with Gasteiger partial charge in [-0.05, 0) is 25.7 Å². The van der Waals surface area contributed by atoms with E-state index < -0.39 is 0 Å². The summed E-state index contributed by atoms with van der Waals surface area (Å²) in [6.45, 7) is 3.18. The van der Waals surface area contributed by atoms with Gasteiger partial charge in [-0.15, -0.1) is 0 Å². The summed E-state index contributed by atoms with van der Waals surface area (Å²) >= 11 is 0. The molecule has 2 rings (SSSR count). The standard InChI is InChI=1S/C14H24N2O2/c1-11(17)16-9-7-13(8-10-16)15-14(18)12-5-3-2-4-6-12/h12-13H,2-10H2,1H3,(H,15,18). The summed E-state index contributed by atoms with van der Waals surface area (Å²) in [4.78, 5) is 25.2. The first-order chi connectivity index (χ1) is 8.66. The van der Waals surface area contributed by atoms with Gasteiger partial charge in [0.05, 0.1) is 0 Å². The van der Waals surface area contributed by atoms with E-state index >= 15 is 0 Å². The second-order valence-corrected chi connectivity index (χ2v) is 5.62. The molecular weight excluding hydrogens is 228 g/mol. The summed E-state index contributed by atoms with van der Waals surface area (Å²) in [6.07, 6.45) is 7.58. The van der Waals surface area contributed by atoms with Crippen LogP contribution in [0.1, 0.15) is 51.9 Å². The third-order valence-corrected chi connectivity index (χ3v) is 4.26. The molecule has 102 valence electrons. The summed E-state index contributed by atoms with van der Waals surface area (Å²) in [5, 5.41) is 3.17. The topological polar surface area (TPSA) is 49.4 Å². The minimum Gasteiger partial charge on any atom is -0.353 e. The van der Waals surface area contributed by atoms with Crippen LogP contribution in [0.2, 0.25) is 0 Å². The summed E-state index contributed by atoms with van der Waals surface area (Å²) in [5.74, 6) is 0.632. The first kappa shape index (κ1) is 13.4. The number of carbonyl (C=O) groups excluding carboxylic acids is 2. The van der Waals surface area contributed by atoms with Crippen LogP contribution in [0.3, 0.4) is 0 Å². The summed E-state index contributed by atoms with van der Waals surface area (Å²) < 4.78 is 0. The minimum absolute atomic E-state index is 0.145. The number of carbonyl (C=O) groups is 2. The van der Waals surface area contributed by atoms with E-state index in [2.05, 4.69) is 5.32 Å². The highest BCUT2D eigenvalue weighted by atomic mass is 16.2. The largest absolute Gasteiger partial charge is 0.353 e. The van der Waals surface area contributed by atoms with Crippen molar-refractivity contribution >= 4 is 11.8 Å². The van der Waals surface area contributed by atoms with Gasteiger partial charge in [0, 0.05) is 32.0 Å². The smallest absolute Gasteiger partial charge is 0.223 e. The molecule has 0 aromatic carbocycles. The number of likely N-dealkylation sites (tertiary alicyclic amines) is 1. The van der Waals surface area contributed by atoms with Crippen molar-refractivity contribution in [3.63, 3.8) is 0 Å². The Labute approximate surface area is 109 Å². The van der Waals surface area contributed by atoms with Gasteiger partial charge in [0.15, 0.2) is 0 Å². The van der Waals surface area contributed by atoms with Gasteiger partial charge in [-0.25, -0.2) is 0 Å². The first-order valence-electron chi connectivity index (χ1n) is 7.22. The van der Waals surface area contributed by atoms with Gasteiger partial charge in [-0.1, -0.05) is 19.3 Å². The fourth-order valence-electron chi connectivity index (χ4n) is 3.02. The lowest BCUT2D eigenvalue weighted by Crippen LogP contribution is -2.47. The van der Waals surface area contributed by atoms with Gasteiger partial charge < -0.3 is 10.2 Å². The summed E-state index contributed by atoms with van der Waals surface area (Å²) in [5.41, 5.74) is 0. The number of rotatable bonds is 2. The molecule has 2 fully saturated rings. The molecule has 0 unspecified atom stereocenters. The highest BCUT2D eigenvalue weighted by Crippen LogP contribution is 2.24. The highest BCUT2D eigenvalue weighted by Gasteiger charge is 2.26. The van der Waals surface area contributed by atoms with E-state index in [1.165, 1.54) is 19.3 Å². The zero-order chi connectivity index (χ0) is 13.0. The van der Waals surface area contributed by atoms with Crippen LogP contribution in [-0.2, 0) is 9.59 Å². The predicted octanol–water partition coefficient (Wildman–Crippen LogP) is 1.69. The van der Waals surface area contributed by atoms with E-state index in [1.54, 1.807) is 6.92 Å². The van der Waals surface area contributed by atoms with E-state index in [0.29, 0.717) is 0 Å².